The number of allylic oxidation sites excluding steroid dienone is 2. The highest BCUT2D eigenvalue weighted by molar-refractivity contribution is 5.76. The van der Waals surface area contributed by atoms with Gasteiger partial charge in [0, 0.05) is 0 Å². The van der Waals surface area contributed by atoms with Crippen molar-refractivity contribution in [1.82, 2.24) is 0 Å². The lowest BCUT2D eigenvalue weighted by molar-refractivity contribution is -0.331. The number of carboxylic acids is 2. The van der Waals surface area contributed by atoms with Gasteiger partial charge in [-0.05, 0) is 115 Å². The minimum absolute atomic E-state index is 0.0241. The normalized spacial score (nSPS) is 55.0. The van der Waals surface area contributed by atoms with Gasteiger partial charge in [0.1, 0.15) is 18.3 Å². The summed E-state index contributed by atoms with van der Waals surface area (Å²) in [6.45, 7) is 14.5. The molecule has 7 rings (SSSR count). The molecule has 0 radical (unpaired) electrons. The minimum Gasteiger partial charge on any atom is -0.481 e. The van der Waals surface area contributed by atoms with Crippen LogP contribution >= 0.6 is 0 Å². The molecule has 1 aliphatic heterocycles. The van der Waals surface area contributed by atoms with Crippen molar-refractivity contribution in [3.8, 4) is 0 Å². The van der Waals surface area contributed by atoms with Crippen LogP contribution in [0, 0.1) is 56.2 Å². The number of hydrogen-bond donors (Lipinski definition) is 5. The Hall–Kier alpha value is -1.52. The quantitative estimate of drug-likeness (QED) is 0.194. The molecule has 6 fully saturated rings. The van der Waals surface area contributed by atoms with E-state index in [-0.39, 0.29) is 39.1 Å². The van der Waals surface area contributed by atoms with Crippen LogP contribution in [-0.4, -0.2) is 74.3 Å². The van der Waals surface area contributed by atoms with Crippen molar-refractivity contribution in [2.75, 3.05) is 0 Å². The number of carboxylic acid groups (broad SMARTS) is 2. The monoisotopic (exact) mass is 658 g/mol. The van der Waals surface area contributed by atoms with Gasteiger partial charge in [-0.2, -0.15) is 0 Å². The second-order valence-corrected chi connectivity index (χ2v) is 18.8. The molecule has 1 heterocycles. The molecule has 0 unspecified atom stereocenters. The van der Waals surface area contributed by atoms with E-state index in [4.69, 9.17) is 9.47 Å². The van der Waals surface area contributed by atoms with Crippen LogP contribution in [0.2, 0.25) is 0 Å². The summed E-state index contributed by atoms with van der Waals surface area (Å²) in [4.78, 5) is 24.8. The first-order valence-corrected chi connectivity index (χ1v) is 18.4. The average Bonchev–Trinajstić information content (AvgIpc) is 2.98. The van der Waals surface area contributed by atoms with Crippen molar-refractivity contribution in [3.63, 3.8) is 0 Å². The summed E-state index contributed by atoms with van der Waals surface area (Å²) in [6.07, 6.45) is 5.44. The lowest BCUT2D eigenvalue weighted by Crippen LogP contribution is -2.69. The fraction of sp³-hybridized carbons (Fsp3) is 0.895. The van der Waals surface area contributed by atoms with Crippen molar-refractivity contribution in [1.29, 1.82) is 0 Å². The van der Waals surface area contributed by atoms with E-state index in [0.717, 1.165) is 77.0 Å². The molecule has 7 aliphatic rings. The van der Waals surface area contributed by atoms with Gasteiger partial charge in [-0.3, -0.25) is 4.79 Å². The molecular weight excluding hydrogens is 600 g/mol. The Kier molecular flexibility index (Phi) is 7.76. The van der Waals surface area contributed by atoms with E-state index >= 15 is 0 Å². The fourth-order valence-corrected chi connectivity index (χ4v) is 13.8. The van der Waals surface area contributed by atoms with Crippen LogP contribution in [0.1, 0.15) is 119 Å². The van der Waals surface area contributed by atoms with E-state index in [2.05, 4.69) is 47.6 Å². The maximum atomic E-state index is 13.0. The molecule has 264 valence electrons. The highest BCUT2D eigenvalue weighted by Gasteiger charge is 2.72. The summed E-state index contributed by atoms with van der Waals surface area (Å²) in [5.74, 6) is -0.663. The van der Waals surface area contributed by atoms with Gasteiger partial charge in [0.05, 0.1) is 11.5 Å². The Labute approximate surface area is 279 Å². The van der Waals surface area contributed by atoms with E-state index in [1.165, 1.54) is 5.57 Å². The maximum Gasteiger partial charge on any atom is 0.335 e. The van der Waals surface area contributed by atoms with Crippen molar-refractivity contribution < 1.29 is 44.6 Å². The maximum absolute atomic E-state index is 13.0. The summed E-state index contributed by atoms with van der Waals surface area (Å²) in [6, 6.07) is 0. The molecule has 0 amide bonds. The van der Waals surface area contributed by atoms with E-state index in [0.29, 0.717) is 17.8 Å². The van der Waals surface area contributed by atoms with Crippen molar-refractivity contribution in [2.24, 2.45) is 56.2 Å². The van der Waals surface area contributed by atoms with Crippen LogP contribution in [-0.2, 0) is 19.1 Å². The Morgan fingerprint density at radius 2 is 1.53 bits per heavy atom. The lowest BCUT2D eigenvalue weighted by Gasteiger charge is -2.74. The number of aliphatic hydroxyl groups excluding tert-OH is 3. The summed E-state index contributed by atoms with van der Waals surface area (Å²) >= 11 is 0. The van der Waals surface area contributed by atoms with Gasteiger partial charge in [-0.25, -0.2) is 4.79 Å². The lowest BCUT2D eigenvalue weighted by atomic mass is 9.31. The first-order valence-electron chi connectivity index (χ1n) is 18.4. The molecule has 0 bridgehead atoms. The third-order valence-electron chi connectivity index (χ3n) is 16.2. The van der Waals surface area contributed by atoms with Crippen LogP contribution in [0.3, 0.4) is 0 Å². The van der Waals surface area contributed by atoms with E-state index in [1.807, 2.05) is 0 Å². The van der Waals surface area contributed by atoms with Crippen LogP contribution in [0.5, 0.6) is 0 Å². The van der Waals surface area contributed by atoms with Gasteiger partial charge < -0.3 is 35.0 Å². The number of fused-ring (bicyclic) bond motifs is 6. The fourth-order valence-electron chi connectivity index (χ4n) is 13.8. The second kappa shape index (κ2) is 10.7. The summed E-state index contributed by atoms with van der Waals surface area (Å²) < 4.78 is 12.1. The summed E-state index contributed by atoms with van der Waals surface area (Å²) in [5, 5.41) is 51.9. The molecule has 5 N–H and O–H groups in total. The van der Waals surface area contributed by atoms with Crippen molar-refractivity contribution in [3.05, 3.63) is 11.6 Å². The Morgan fingerprint density at radius 1 is 0.830 bits per heavy atom. The largest absolute Gasteiger partial charge is 0.481 e. The van der Waals surface area contributed by atoms with Gasteiger partial charge >= 0.3 is 11.9 Å². The Balaban J connectivity index is 1.22. The predicted molar refractivity (Wildman–Crippen MR) is 173 cm³/mol. The number of carbonyl (C=O) groups is 2. The van der Waals surface area contributed by atoms with E-state index < -0.39 is 48.1 Å². The molecule has 15 atom stereocenters. The number of rotatable bonds is 4. The number of aliphatic carboxylic acids is 2. The van der Waals surface area contributed by atoms with Gasteiger partial charge in [0.25, 0.3) is 0 Å². The zero-order chi connectivity index (χ0) is 34.1. The highest BCUT2D eigenvalue weighted by atomic mass is 16.7. The molecular formula is C38H58O9. The van der Waals surface area contributed by atoms with Gasteiger partial charge in [0.2, 0.25) is 0 Å². The smallest absolute Gasteiger partial charge is 0.335 e. The molecule has 9 nitrogen and oxygen atoms in total. The van der Waals surface area contributed by atoms with Crippen molar-refractivity contribution in [2.45, 2.75) is 155 Å². The SMILES string of the molecule is CC1(C)CC[C@]2(C(=O)O)CC[C@]3(C)C(=CC[C@@H]4[C@@]5(C)CC[C@H](O[C@@H]6O[C@H](C(=O)O)[C@@H](O)[C@H](O)[C@H]6O)[C@@]6(C)CCC[C@@H](C[C@]43C)[C@@H]65)[C@@H]2C1. The van der Waals surface area contributed by atoms with Gasteiger partial charge in [0.15, 0.2) is 12.4 Å². The summed E-state index contributed by atoms with van der Waals surface area (Å²) in [7, 11) is 0. The highest BCUT2D eigenvalue weighted by Crippen LogP contribution is 2.78. The molecule has 0 aromatic rings. The first-order chi connectivity index (χ1) is 21.8. The topological polar surface area (TPSA) is 154 Å². The predicted octanol–water partition coefficient (Wildman–Crippen LogP) is 5.54. The van der Waals surface area contributed by atoms with Gasteiger partial charge in [-0.1, -0.05) is 66.0 Å². The molecule has 0 aromatic carbocycles. The zero-order valence-corrected chi connectivity index (χ0v) is 29.2. The number of aliphatic hydroxyl groups is 3. The molecule has 5 saturated carbocycles. The number of ether oxygens (including phenoxy) is 2. The molecule has 6 aliphatic carbocycles. The molecule has 9 heteroatoms. The van der Waals surface area contributed by atoms with Crippen molar-refractivity contribution >= 4 is 11.9 Å². The van der Waals surface area contributed by atoms with Crippen LogP contribution < -0.4 is 0 Å². The third-order valence-corrected chi connectivity index (χ3v) is 16.2. The van der Waals surface area contributed by atoms with E-state index in [9.17, 15) is 35.1 Å². The first kappa shape index (κ1) is 34.0. The summed E-state index contributed by atoms with van der Waals surface area (Å²) in [5.41, 5.74) is 0.668. The molecule has 1 saturated heterocycles. The van der Waals surface area contributed by atoms with Gasteiger partial charge in [-0.15, -0.1) is 0 Å². The average molecular weight is 659 g/mol. The molecule has 47 heavy (non-hydrogen) atoms. The zero-order valence-electron chi connectivity index (χ0n) is 29.2. The Bertz CT molecular complexity index is 1340. The second-order valence-electron chi connectivity index (χ2n) is 18.8. The number of hydrogen-bond acceptors (Lipinski definition) is 7. The molecule has 0 spiro atoms. The van der Waals surface area contributed by atoms with Crippen LogP contribution in [0.4, 0.5) is 0 Å². The molecule has 0 aromatic heterocycles. The minimum atomic E-state index is -1.74. The van der Waals surface area contributed by atoms with E-state index in [1.54, 1.807) is 0 Å². The standard InChI is InChI=1S/C38H58O9/c1-33(2)14-16-38(32(44)45)17-15-36(5)21(22(38)19-33)9-10-23-34(3)13-11-24(35(4)12-7-8-20(29(34)35)18-37(23,36)6)46-31-27(41)25(39)26(40)28(47-31)30(42)43/h9,20,22-29,31,39-41H,7-8,10-19H2,1-6H3,(H,42,43)(H,44,45)/t20-,22-,23+,24-,25-,26-,27+,28-,29+,31+,34+,35+,36+,37+,38-/m0/s1. The van der Waals surface area contributed by atoms with Crippen LogP contribution in [0.25, 0.3) is 0 Å². The Morgan fingerprint density at radius 3 is 2.21 bits per heavy atom. The van der Waals surface area contributed by atoms with Crippen LogP contribution in [0.15, 0.2) is 11.6 Å². The third kappa shape index (κ3) is 4.51.